The van der Waals surface area contributed by atoms with Gasteiger partial charge in [0, 0.05) is 32.7 Å². The molecule has 0 aliphatic heterocycles. The zero-order valence-corrected chi connectivity index (χ0v) is 13.7. The summed E-state index contributed by atoms with van der Waals surface area (Å²) in [6, 6.07) is 4.60. The van der Waals surface area contributed by atoms with E-state index < -0.39 is 10.0 Å². The zero-order valence-electron chi connectivity index (χ0n) is 9.27. The summed E-state index contributed by atoms with van der Waals surface area (Å²) in [5, 5.41) is 0.106. The molecule has 0 spiro atoms. The zero-order chi connectivity index (χ0) is 10.8. The van der Waals surface area contributed by atoms with Crippen LogP contribution in [-0.4, -0.2) is 22.6 Å². The standard InChI is InChI=1S/C8H9ClNO3S.CH3.Y/c1-10-14(11,12)8-6(9)4-3-5-7(8)13-2;;/h3-5H,1-2H3;1H3;/q2*-1;. The van der Waals surface area contributed by atoms with Crippen molar-refractivity contribution in [3.63, 3.8) is 0 Å². The number of halogens is 1. The first-order valence-electron chi connectivity index (χ1n) is 3.71. The van der Waals surface area contributed by atoms with E-state index in [9.17, 15) is 8.42 Å². The van der Waals surface area contributed by atoms with E-state index in [2.05, 4.69) is 4.72 Å². The van der Waals surface area contributed by atoms with E-state index in [0.29, 0.717) is 0 Å². The number of rotatable bonds is 3. The van der Waals surface area contributed by atoms with Gasteiger partial charge in [0.15, 0.2) is 0 Å². The summed E-state index contributed by atoms with van der Waals surface area (Å²) in [6.07, 6.45) is 0. The second-order valence-electron chi connectivity index (χ2n) is 2.43. The molecule has 0 N–H and O–H groups in total. The SMILES string of the molecule is C[N-]S(=O)(=O)c1c(Cl)cccc1OC.[CH3-].[Y]. The molecule has 0 fully saturated rings. The van der Waals surface area contributed by atoms with Gasteiger partial charge in [0.2, 0.25) is 0 Å². The molecule has 0 saturated carbocycles. The molecule has 0 bridgehead atoms. The number of ether oxygens (including phenoxy) is 1. The van der Waals surface area contributed by atoms with E-state index in [1.807, 2.05) is 0 Å². The van der Waals surface area contributed by atoms with Crippen LogP contribution in [0.4, 0.5) is 0 Å². The topological polar surface area (TPSA) is 57.5 Å². The van der Waals surface area contributed by atoms with Crippen LogP contribution in [0.25, 0.3) is 4.72 Å². The number of sulfonamides is 1. The molecule has 0 heterocycles. The molecule has 4 nitrogen and oxygen atoms in total. The molecule has 1 aromatic rings. The monoisotopic (exact) mass is 338 g/mol. The third kappa shape index (κ3) is 3.97. The Balaban J connectivity index is 0. The van der Waals surface area contributed by atoms with Gasteiger partial charge < -0.3 is 16.9 Å². The third-order valence-electron chi connectivity index (χ3n) is 1.65. The fourth-order valence-corrected chi connectivity index (χ4v) is 2.35. The van der Waals surface area contributed by atoms with E-state index in [1.165, 1.54) is 26.3 Å². The van der Waals surface area contributed by atoms with Crippen LogP contribution in [0.3, 0.4) is 0 Å². The van der Waals surface area contributed by atoms with Gasteiger partial charge in [-0.25, -0.2) is 8.42 Å². The van der Waals surface area contributed by atoms with E-state index in [-0.39, 0.29) is 55.8 Å². The normalized spacial score (nSPS) is 9.94. The minimum absolute atomic E-state index is 0. The Bertz CT molecular complexity index is 436. The Morgan fingerprint density at radius 1 is 1.38 bits per heavy atom. The van der Waals surface area contributed by atoms with Crippen molar-refractivity contribution < 1.29 is 45.9 Å². The molecule has 16 heavy (non-hydrogen) atoms. The Kier molecular flexibility index (Phi) is 8.89. The molecule has 1 radical (unpaired) electrons. The number of benzene rings is 1. The van der Waals surface area contributed by atoms with Crippen molar-refractivity contribution in [2.24, 2.45) is 0 Å². The smallest absolute Gasteiger partial charge is 0.137 e. The average molecular weight is 339 g/mol. The summed E-state index contributed by atoms with van der Waals surface area (Å²) in [7, 11) is -1.14. The Hall–Kier alpha value is 0.324. The fraction of sp³-hybridized carbons (Fsp3) is 0.222. The molecule has 7 heteroatoms. The van der Waals surface area contributed by atoms with Gasteiger partial charge >= 0.3 is 0 Å². The maximum atomic E-state index is 11.5. The van der Waals surface area contributed by atoms with Crippen LogP contribution in [0.1, 0.15) is 0 Å². The molecule has 1 rings (SSSR count). The Morgan fingerprint density at radius 2 is 1.94 bits per heavy atom. The van der Waals surface area contributed by atoms with Gasteiger partial charge in [-0.1, -0.05) is 17.7 Å². The van der Waals surface area contributed by atoms with Gasteiger partial charge in [-0.3, -0.25) is 0 Å². The van der Waals surface area contributed by atoms with Crippen LogP contribution in [0.5, 0.6) is 5.75 Å². The number of hydrogen-bond acceptors (Lipinski definition) is 3. The molecule has 0 saturated heterocycles. The van der Waals surface area contributed by atoms with Crippen molar-refractivity contribution in [2.45, 2.75) is 4.90 Å². The molecule has 0 amide bonds. The quantitative estimate of drug-likeness (QED) is 0.796. The first kappa shape index (κ1) is 18.7. The summed E-state index contributed by atoms with van der Waals surface area (Å²) < 4.78 is 31.1. The van der Waals surface area contributed by atoms with Gasteiger partial charge in [0.1, 0.15) is 20.7 Å². The molecule has 1 aromatic carbocycles. The van der Waals surface area contributed by atoms with Crippen molar-refractivity contribution in [3.05, 3.63) is 35.4 Å². The average Bonchev–Trinajstić information content (AvgIpc) is 2.17. The number of methoxy groups -OCH3 is 1. The van der Waals surface area contributed by atoms with Crippen LogP contribution < -0.4 is 4.74 Å². The molecule has 89 valence electrons. The van der Waals surface area contributed by atoms with Crippen LogP contribution >= 0.6 is 11.6 Å². The summed E-state index contributed by atoms with van der Waals surface area (Å²) >= 11 is 5.75. The van der Waals surface area contributed by atoms with Gasteiger partial charge in [-0.05, 0) is 12.1 Å². The number of nitrogens with zero attached hydrogens (tertiary/aromatic N) is 1. The summed E-state index contributed by atoms with van der Waals surface area (Å²) in [4.78, 5) is -0.0910. The van der Waals surface area contributed by atoms with Crippen molar-refractivity contribution in [1.82, 2.24) is 0 Å². The van der Waals surface area contributed by atoms with E-state index in [0.717, 1.165) is 0 Å². The maximum absolute atomic E-state index is 11.5. The second-order valence-corrected chi connectivity index (χ2v) is 4.56. The van der Waals surface area contributed by atoms with Gasteiger partial charge in [0.25, 0.3) is 0 Å². The first-order chi connectivity index (χ1) is 6.53. The first-order valence-corrected chi connectivity index (χ1v) is 5.53. The van der Waals surface area contributed by atoms with Gasteiger partial charge in [-0.15, -0.1) is 0 Å². The fourth-order valence-electron chi connectivity index (χ4n) is 0.991. The summed E-state index contributed by atoms with van der Waals surface area (Å²) in [5.74, 6) is 0.197. The van der Waals surface area contributed by atoms with Crippen LogP contribution in [0, 0.1) is 7.43 Å². The van der Waals surface area contributed by atoms with Crippen LogP contribution in [0.2, 0.25) is 5.02 Å². The number of hydrogen-bond donors (Lipinski definition) is 0. The largest absolute Gasteiger partial charge is 0.547 e. The Labute approximate surface area is 127 Å². The third-order valence-corrected chi connectivity index (χ3v) is 3.49. The molecule has 0 atom stereocenters. The minimum atomic E-state index is -3.70. The van der Waals surface area contributed by atoms with Crippen molar-refractivity contribution >= 4 is 21.6 Å². The predicted octanol–water partition coefficient (Wildman–Crippen LogP) is 2.49. The van der Waals surface area contributed by atoms with Crippen molar-refractivity contribution in [2.75, 3.05) is 14.2 Å². The van der Waals surface area contributed by atoms with Crippen LogP contribution in [-0.2, 0) is 42.7 Å². The van der Waals surface area contributed by atoms with Gasteiger partial charge in [-0.2, -0.15) is 7.05 Å². The summed E-state index contributed by atoms with van der Waals surface area (Å²) in [5.41, 5.74) is 0. The van der Waals surface area contributed by atoms with E-state index >= 15 is 0 Å². The van der Waals surface area contributed by atoms with E-state index in [1.54, 1.807) is 6.07 Å². The Morgan fingerprint density at radius 3 is 2.38 bits per heavy atom. The predicted molar refractivity (Wildman–Crippen MR) is 60.9 cm³/mol. The minimum Gasteiger partial charge on any atom is -0.547 e. The van der Waals surface area contributed by atoms with Crippen molar-refractivity contribution in [3.8, 4) is 5.75 Å². The van der Waals surface area contributed by atoms with Gasteiger partial charge in [0.05, 0.1) is 12.1 Å². The maximum Gasteiger partial charge on any atom is 0.137 e. The van der Waals surface area contributed by atoms with E-state index in [4.69, 9.17) is 16.3 Å². The summed E-state index contributed by atoms with van der Waals surface area (Å²) in [6.45, 7) is 0. The molecular formula is C9H12ClNO3SY-2. The van der Waals surface area contributed by atoms with Crippen LogP contribution in [0.15, 0.2) is 23.1 Å². The molecule has 0 unspecified atom stereocenters. The van der Waals surface area contributed by atoms with Crippen molar-refractivity contribution in [1.29, 1.82) is 0 Å². The molecule has 0 aliphatic rings. The molecule has 0 aromatic heterocycles. The molecule has 0 aliphatic carbocycles. The molecular weight excluding hydrogens is 327 g/mol. The second kappa shape index (κ2) is 7.61.